The summed E-state index contributed by atoms with van der Waals surface area (Å²) in [6.45, 7) is 0.238. The number of imide groups is 1. The maximum Gasteiger partial charge on any atom is 0.293 e. The lowest BCUT2D eigenvalue weighted by molar-refractivity contribution is -0.123. The number of hydrogen-bond acceptors (Lipinski definition) is 6. The Hall–Kier alpha value is -2.20. The van der Waals surface area contributed by atoms with Crippen LogP contribution in [0.5, 0.6) is 17.2 Å². The number of ether oxygens (including phenoxy) is 3. The first kappa shape index (κ1) is 20.5. The highest BCUT2D eigenvalue weighted by molar-refractivity contribution is 14.1. The van der Waals surface area contributed by atoms with Gasteiger partial charge in [-0.05, 0) is 64.2 Å². The number of methoxy groups -OCH3 is 3. The second kappa shape index (κ2) is 8.87. The molecule has 0 radical (unpaired) electrons. The number of nitrogens with zero attached hydrogens (tertiary/aromatic N) is 1. The van der Waals surface area contributed by atoms with Crippen molar-refractivity contribution in [1.82, 2.24) is 4.90 Å². The fourth-order valence-corrected chi connectivity index (χ4v) is 3.90. The predicted octanol–water partition coefficient (Wildman–Crippen LogP) is 4.55. The number of carbonyl (C=O) groups is 2. The average Bonchev–Trinajstić information content (AvgIpc) is 2.96. The molecule has 1 heterocycles. The van der Waals surface area contributed by atoms with Crippen LogP contribution in [0.3, 0.4) is 0 Å². The highest BCUT2D eigenvalue weighted by Crippen LogP contribution is 2.39. The summed E-state index contributed by atoms with van der Waals surface area (Å²) in [6, 6.07) is 11.1. The Morgan fingerprint density at radius 1 is 0.964 bits per heavy atom. The van der Waals surface area contributed by atoms with Crippen molar-refractivity contribution in [3.8, 4) is 17.2 Å². The zero-order valence-corrected chi connectivity index (χ0v) is 18.5. The maximum atomic E-state index is 12.8. The summed E-state index contributed by atoms with van der Waals surface area (Å²) in [5.74, 6) is 1.21. The molecule has 146 valence electrons. The van der Waals surface area contributed by atoms with Crippen molar-refractivity contribution in [3.63, 3.8) is 0 Å². The van der Waals surface area contributed by atoms with E-state index in [0.717, 1.165) is 20.9 Å². The van der Waals surface area contributed by atoms with E-state index in [1.807, 2.05) is 24.3 Å². The molecule has 0 bridgehead atoms. The van der Waals surface area contributed by atoms with Crippen molar-refractivity contribution in [2.24, 2.45) is 0 Å². The molecule has 0 aromatic heterocycles. The lowest BCUT2D eigenvalue weighted by atomic mass is 10.1. The third-order valence-corrected chi connectivity index (χ3v) is 5.78. The standard InChI is InChI=1S/C20H18INO5S/c1-25-15-10-17(27-3)16(26-2)8-13(15)9-18-19(23)22(20(24)28-18)11-12-4-6-14(21)7-5-12/h4-10H,11H2,1-3H3/b18-9-. The first-order valence-electron chi connectivity index (χ1n) is 8.26. The minimum atomic E-state index is -0.328. The third kappa shape index (κ3) is 4.27. The van der Waals surface area contributed by atoms with E-state index in [1.54, 1.807) is 18.2 Å². The molecule has 2 aromatic rings. The van der Waals surface area contributed by atoms with Gasteiger partial charge in [-0.25, -0.2) is 0 Å². The molecule has 2 amide bonds. The van der Waals surface area contributed by atoms with E-state index < -0.39 is 0 Å². The van der Waals surface area contributed by atoms with Crippen LogP contribution < -0.4 is 14.2 Å². The van der Waals surface area contributed by atoms with Crippen LogP contribution >= 0.6 is 34.4 Å². The van der Waals surface area contributed by atoms with Crippen molar-refractivity contribution in [1.29, 1.82) is 0 Å². The van der Waals surface area contributed by atoms with E-state index in [2.05, 4.69) is 22.6 Å². The molecular formula is C20H18INO5S. The Balaban J connectivity index is 1.90. The van der Waals surface area contributed by atoms with Gasteiger partial charge in [0.15, 0.2) is 11.5 Å². The molecule has 0 saturated carbocycles. The number of thioether (sulfide) groups is 1. The van der Waals surface area contributed by atoms with Crippen LogP contribution in [0, 0.1) is 3.57 Å². The van der Waals surface area contributed by atoms with Crippen molar-refractivity contribution in [3.05, 3.63) is 56.0 Å². The van der Waals surface area contributed by atoms with Gasteiger partial charge in [-0.1, -0.05) is 12.1 Å². The van der Waals surface area contributed by atoms with Gasteiger partial charge in [-0.2, -0.15) is 0 Å². The Kier molecular flexibility index (Phi) is 6.50. The zero-order valence-electron chi connectivity index (χ0n) is 15.5. The van der Waals surface area contributed by atoms with E-state index in [0.29, 0.717) is 27.7 Å². The van der Waals surface area contributed by atoms with Crippen molar-refractivity contribution in [2.45, 2.75) is 6.54 Å². The summed E-state index contributed by atoms with van der Waals surface area (Å²) in [4.78, 5) is 26.7. The van der Waals surface area contributed by atoms with Gasteiger partial charge in [-0.15, -0.1) is 0 Å². The van der Waals surface area contributed by atoms with E-state index >= 15 is 0 Å². The van der Waals surface area contributed by atoms with Crippen LogP contribution in [0.25, 0.3) is 6.08 Å². The smallest absolute Gasteiger partial charge is 0.293 e. The second-order valence-corrected chi connectivity index (χ2v) is 8.08. The van der Waals surface area contributed by atoms with Crippen LogP contribution in [0.15, 0.2) is 41.3 Å². The van der Waals surface area contributed by atoms with E-state index in [1.165, 1.54) is 26.2 Å². The number of benzene rings is 2. The summed E-state index contributed by atoms with van der Waals surface area (Å²) >= 11 is 3.12. The molecule has 3 rings (SSSR count). The molecule has 1 aliphatic heterocycles. The predicted molar refractivity (Wildman–Crippen MR) is 117 cm³/mol. The molecule has 1 saturated heterocycles. The molecule has 2 aromatic carbocycles. The molecule has 28 heavy (non-hydrogen) atoms. The van der Waals surface area contributed by atoms with Gasteiger partial charge in [0, 0.05) is 15.2 Å². The first-order chi connectivity index (χ1) is 13.5. The molecule has 1 aliphatic rings. The fraction of sp³-hybridized carbons (Fsp3) is 0.200. The van der Waals surface area contributed by atoms with E-state index in [4.69, 9.17) is 14.2 Å². The molecule has 8 heteroatoms. The van der Waals surface area contributed by atoms with Crippen LogP contribution in [-0.4, -0.2) is 37.4 Å². The lowest BCUT2D eigenvalue weighted by Gasteiger charge is -2.13. The normalized spacial score (nSPS) is 15.3. The quantitative estimate of drug-likeness (QED) is 0.419. The van der Waals surface area contributed by atoms with Gasteiger partial charge in [0.1, 0.15) is 5.75 Å². The molecule has 0 spiro atoms. The van der Waals surface area contributed by atoms with Crippen LogP contribution in [0.2, 0.25) is 0 Å². The Labute approximate surface area is 181 Å². The summed E-state index contributed by atoms with van der Waals surface area (Å²) in [6.07, 6.45) is 1.64. The Morgan fingerprint density at radius 2 is 1.57 bits per heavy atom. The summed E-state index contributed by atoms with van der Waals surface area (Å²) in [5, 5.41) is -0.297. The molecule has 0 atom stereocenters. The molecule has 0 unspecified atom stereocenters. The van der Waals surface area contributed by atoms with Crippen LogP contribution in [0.1, 0.15) is 11.1 Å². The minimum Gasteiger partial charge on any atom is -0.496 e. The van der Waals surface area contributed by atoms with Gasteiger partial charge in [0.05, 0.1) is 32.8 Å². The van der Waals surface area contributed by atoms with Gasteiger partial charge in [0.25, 0.3) is 11.1 Å². The van der Waals surface area contributed by atoms with Gasteiger partial charge in [0.2, 0.25) is 0 Å². The zero-order chi connectivity index (χ0) is 20.3. The summed E-state index contributed by atoms with van der Waals surface area (Å²) in [5.41, 5.74) is 1.52. The number of rotatable bonds is 6. The maximum absolute atomic E-state index is 12.8. The van der Waals surface area contributed by atoms with E-state index in [-0.39, 0.29) is 17.7 Å². The molecular weight excluding hydrogens is 493 g/mol. The van der Waals surface area contributed by atoms with E-state index in [9.17, 15) is 9.59 Å². The molecule has 0 N–H and O–H groups in total. The highest BCUT2D eigenvalue weighted by atomic mass is 127. The van der Waals surface area contributed by atoms with Crippen molar-refractivity contribution < 1.29 is 23.8 Å². The minimum absolute atomic E-state index is 0.238. The Bertz CT molecular complexity index is 942. The number of hydrogen-bond donors (Lipinski definition) is 0. The number of amides is 2. The lowest BCUT2D eigenvalue weighted by Crippen LogP contribution is -2.27. The Morgan fingerprint density at radius 3 is 2.18 bits per heavy atom. The fourth-order valence-electron chi connectivity index (χ4n) is 2.72. The largest absolute Gasteiger partial charge is 0.496 e. The molecule has 0 aliphatic carbocycles. The molecule has 1 fully saturated rings. The average molecular weight is 511 g/mol. The SMILES string of the molecule is COc1cc(OC)c(OC)cc1/C=C1\SC(=O)N(Cc2ccc(I)cc2)C1=O. The first-order valence-corrected chi connectivity index (χ1v) is 10.2. The van der Waals surface area contributed by atoms with Gasteiger partial charge < -0.3 is 14.2 Å². The second-order valence-electron chi connectivity index (χ2n) is 5.84. The van der Waals surface area contributed by atoms with Gasteiger partial charge in [-0.3, -0.25) is 14.5 Å². The summed E-state index contributed by atoms with van der Waals surface area (Å²) < 4.78 is 17.1. The van der Waals surface area contributed by atoms with Crippen molar-refractivity contribution >= 4 is 51.6 Å². The monoisotopic (exact) mass is 511 g/mol. The van der Waals surface area contributed by atoms with Gasteiger partial charge >= 0.3 is 0 Å². The van der Waals surface area contributed by atoms with Crippen LogP contribution in [-0.2, 0) is 11.3 Å². The highest BCUT2D eigenvalue weighted by Gasteiger charge is 2.35. The topological polar surface area (TPSA) is 65.1 Å². The number of carbonyl (C=O) groups excluding carboxylic acids is 2. The van der Waals surface area contributed by atoms with Crippen LogP contribution in [0.4, 0.5) is 4.79 Å². The number of halogens is 1. The molecule has 6 nitrogen and oxygen atoms in total. The van der Waals surface area contributed by atoms with Crippen molar-refractivity contribution in [2.75, 3.05) is 21.3 Å². The summed E-state index contributed by atoms with van der Waals surface area (Å²) in [7, 11) is 4.59. The third-order valence-electron chi connectivity index (χ3n) is 4.15.